The fourth-order valence-electron chi connectivity index (χ4n) is 2.89. The van der Waals surface area contributed by atoms with E-state index in [-0.39, 0.29) is 36.7 Å². The summed E-state index contributed by atoms with van der Waals surface area (Å²) in [5.41, 5.74) is 0. The van der Waals surface area contributed by atoms with Crippen LogP contribution in [0.1, 0.15) is 20.3 Å². The molecule has 20 heavy (non-hydrogen) atoms. The number of hydrogen-bond donors (Lipinski definition) is 2. The van der Waals surface area contributed by atoms with Crippen molar-refractivity contribution in [3.63, 3.8) is 0 Å². The first-order chi connectivity index (χ1) is 9.65. The molecule has 0 aromatic rings. The molecule has 2 rings (SSSR count). The van der Waals surface area contributed by atoms with Gasteiger partial charge in [-0.1, -0.05) is 6.92 Å². The Bertz CT molecular complexity index is 326. The quantitative estimate of drug-likeness (QED) is 0.720. The molecule has 2 aliphatic heterocycles. The minimum absolute atomic E-state index is 0.0331. The van der Waals surface area contributed by atoms with Gasteiger partial charge >= 0.3 is 0 Å². The van der Waals surface area contributed by atoms with E-state index in [1.807, 2.05) is 11.8 Å². The highest BCUT2D eigenvalue weighted by atomic mass is 16.5. The fourth-order valence-corrected chi connectivity index (χ4v) is 2.89. The predicted molar refractivity (Wildman–Crippen MR) is 74.4 cm³/mol. The van der Waals surface area contributed by atoms with Crippen LogP contribution in [-0.4, -0.2) is 73.6 Å². The molecule has 4 atom stereocenters. The van der Waals surface area contributed by atoms with Gasteiger partial charge in [0, 0.05) is 19.1 Å². The van der Waals surface area contributed by atoms with Gasteiger partial charge in [0.1, 0.15) is 0 Å². The third-order valence-corrected chi connectivity index (χ3v) is 3.90. The van der Waals surface area contributed by atoms with Gasteiger partial charge < -0.3 is 24.8 Å². The van der Waals surface area contributed by atoms with E-state index >= 15 is 0 Å². The number of nitrogens with one attached hydrogen (secondary N) is 1. The Morgan fingerprint density at radius 1 is 1.40 bits per heavy atom. The first kappa shape index (κ1) is 15.7. The molecular weight excluding hydrogens is 260 g/mol. The Hall–Kier alpha value is -0.690. The van der Waals surface area contributed by atoms with Crippen molar-refractivity contribution in [3.8, 4) is 0 Å². The SMILES string of the molecule is CCCNC1COCC1C(=O)N1CC(C)OC(CO)C1. The molecule has 0 aliphatic carbocycles. The van der Waals surface area contributed by atoms with Gasteiger partial charge in [0.25, 0.3) is 0 Å². The van der Waals surface area contributed by atoms with E-state index in [0.717, 1.165) is 13.0 Å². The van der Waals surface area contributed by atoms with Crippen LogP contribution in [0.3, 0.4) is 0 Å². The van der Waals surface area contributed by atoms with Crippen molar-refractivity contribution >= 4 is 5.91 Å². The Labute approximate surface area is 120 Å². The van der Waals surface area contributed by atoms with Gasteiger partial charge in [-0.2, -0.15) is 0 Å². The third kappa shape index (κ3) is 3.69. The monoisotopic (exact) mass is 286 g/mol. The van der Waals surface area contributed by atoms with Crippen LogP contribution in [-0.2, 0) is 14.3 Å². The maximum atomic E-state index is 12.6. The van der Waals surface area contributed by atoms with Gasteiger partial charge in [0.15, 0.2) is 0 Å². The maximum Gasteiger partial charge on any atom is 0.229 e. The number of ether oxygens (including phenoxy) is 2. The summed E-state index contributed by atoms with van der Waals surface area (Å²) >= 11 is 0. The van der Waals surface area contributed by atoms with Crippen LogP contribution in [0.4, 0.5) is 0 Å². The highest BCUT2D eigenvalue weighted by molar-refractivity contribution is 5.80. The van der Waals surface area contributed by atoms with Crippen LogP contribution in [0.5, 0.6) is 0 Å². The van der Waals surface area contributed by atoms with Gasteiger partial charge in [-0.3, -0.25) is 4.79 Å². The lowest BCUT2D eigenvalue weighted by Gasteiger charge is -2.37. The zero-order chi connectivity index (χ0) is 14.5. The van der Waals surface area contributed by atoms with E-state index in [9.17, 15) is 9.90 Å². The Morgan fingerprint density at radius 3 is 2.90 bits per heavy atom. The number of carbonyl (C=O) groups excluding carboxylic acids is 1. The molecule has 2 heterocycles. The van der Waals surface area contributed by atoms with E-state index in [1.54, 1.807) is 0 Å². The molecule has 0 bridgehead atoms. The highest BCUT2D eigenvalue weighted by Gasteiger charge is 2.38. The van der Waals surface area contributed by atoms with Crippen LogP contribution in [0.15, 0.2) is 0 Å². The van der Waals surface area contributed by atoms with Gasteiger partial charge in [-0.15, -0.1) is 0 Å². The number of hydrogen-bond acceptors (Lipinski definition) is 5. The van der Waals surface area contributed by atoms with Crippen molar-refractivity contribution in [3.05, 3.63) is 0 Å². The lowest BCUT2D eigenvalue weighted by molar-refractivity contribution is -0.151. The normalized spacial score (nSPS) is 34.5. The number of morpholine rings is 1. The van der Waals surface area contributed by atoms with Gasteiger partial charge in [0.05, 0.1) is 37.9 Å². The molecule has 2 aliphatic rings. The van der Waals surface area contributed by atoms with Crippen LogP contribution >= 0.6 is 0 Å². The summed E-state index contributed by atoms with van der Waals surface area (Å²) in [6.45, 7) is 7.02. The fraction of sp³-hybridized carbons (Fsp3) is 0.929. The second kappa shape index (κ2) is 7.36. The first-order valence-corrected chi connectivity index (χ1v) is 7.52. The van der Waals surface area contributed by atoms with E-state index in [0.29, 0.717) is 26.3 Å². The lowest BCUT2D eigenvalue weighted by Crippen LogP contribution is -2.54. The molecule has 2 fully saturated rings. The van der Waals surface area contributed by atoms with Crippen LogP contribution in [0.2, 0.25) is 0 Å². The summed E-state index contributed by atoms with van der Waals surface area (Å²) in [6.07, 6.45) is 0.736. The molecular formula is C14H26N2O4. The molecule has 0 aromatic carbocycles. The van der Waals surface area contributed by atoms with E-state index in [4.69, 9.17) is 9.47 Å². The van der Waals surface area contributed by atoms with E-state index in [1.165, 1.54) is 0 Å². The number of rotatable bonds is 5. The maximum absolute atomic E-state index is 12.6. The van der Waals surface area contributed by atoms with Crippen LogP contribution in [0, 0.1) is 5.92 Å². The number of nitrogens with zero attached hydrogens (tertiary/aromatic N) is 1. The molecule has 1 amide bonds. The summed E-state index contributed by atoms with van der Waals surface area (Å²) < 4.78 is 11.0. The topological polar surface area (TPSA) is 71.0 Å². The average Bonchev–Trinajstić information content (AvgIpc) is 2.91. The largest absolute Gasteiger partial charge is 0.394 e. The molecule has 2 N–H and O–H groups in total. The average molecular weight is 286 g/mol. The molecule has 6 heteroatoms. The van der Waals surface area contributed by atoms with Crippen molar-refractivity contribution in [1.82, 2.24) is 10.2 Å². The van der Waals surface area contributed by atoms with Crippen LogP contribution < -0.4 is 5.32 Å². The number of aliphatic hydroxyl groups is 1. The molecule has 116 valence electrons. The summed E-state index contributed by atoms with van der Waals surface area (Å²) in [6, 6.07) is 0.105. The third-order valence-electron chi connectivity index (χ3n) is 3.90. The highest BCUT2D eigenvalue weighted by Crippen LogP contribution is 2.20. The molecule has 6 nitrogen and oxygen atoms in total. The molecule has 0 radical (unpaired) electrons. The Kier molecular flexibility index (Phi) is 5.77. The minimum atomic E-state index is -0.271. The number of amides is 1. The van der Waals surface area contributed by atoms with Crippen molar-refractivity contribution in [2.45, 2.75) is 38.5 Å². The van der Waals surface area contributed by atoms with Crippen molar-refractivity contribution < 1.29 is 19.4 Å². The minimum Gasteiger partial charge on any atom is -0.394 e. The molecule has 4 unspecified atom stereocenters. The van der Waals surface area contributed by atoms with Crippen molar-refractivity contribution in [2.24, 2.45) is 5.92 Å². The molecule has 0 spiro atoms. The molecule has 0 aromatic heterocycles. The zero-order valence-corrected chi connectivity index (χ0v) is 12.4. The summed E-state index contributed by atoms with van der Waals surface area (Å²) in [5.74, 6) is -0.00380. The molecule has 2 saturated heterocycles. The predicted octanol–water partition coefficient (Wildman–Crippen LogP) is -0.391. The Balaban J connectivity index is 1.95. The van der Waals surface area contributed by atoms with Gasteiger partial charge in [-0.05, 0) is 19.9 Å². The zero-order valence-electron chi connectivity index (χ0n) is 12.4. The lowest BCUT2D eigenvalue weighted by atomic mass is 10.0. The first-order valence-electron chi connectivity index (χ1n) is 7.52. The standard InChI is InChI=1S/C14H26N2O4/c1-3-4-15-13-9-19-8-12(13)14(18)16-5-10(2)20-11(6-16)7-17/h10-13,15,17H,3-9H2,1-2H3. The molecule has 0 saturated carbocycles. The van der Waals surface area contributed by atoms with Crippen molar-refractivity contribution in [1.29, 1.82) is 0 Å². The summed E-state index contributed by atoms with van der Waals surface area (Å²) in [5, 5.41) is 12.6. The van der Waals surface area contributed by atoms with E-state index in [2.05, 4.69) is 12.2 Å². The second-order valence-electron chi connectivity index (χ2n) is 5.70. The second-order valence-corrected chi connectivity index (χ2v) is 5.70. The van der Waals surface area contributed by atoms with Crippen molar-refractivity contribution in [2.75, 3.05) is 39.5 Å². The summed E-state index contributed by atoms with van der Waals surface area (Å²) in [7, 11) is 0. The van der Waals surface area contributed by atoms with Gasteiger partial charge in [0.2, 0.25) is 5.91 Å². The Morgan fingerprint density at radius 2 is 2.20 bits per heavy atom. The number of carbonyl (C=O) groups is 1. The number of aliphatic hydroxyl groups excluding tert-OH is 1. The van der Waals surface area contributed by atoms with E-state index < -0.39 is 0 Å². The van der Waals surface area contributed by atoms with Crippen LogP contribution in [0.25, 0.3) is 0 Å². The van der Waals surface area contributed by atoms with Gasteiger partial charge in [-0.25, -0.2) is 0 Å². The smallest absolute Gasteiger partial charge is 0.229 e. The summed E-state index contributed by atoms with van der Waals surface area (Å²) in [4.78, 5) is 14.5.